The number of nitro benzene ring substituents is 1. The molecule has 21 heavy (non-hydrogen) atoms. The van der Waals surface area contributed by atoms with Crippen LogP contribution in [0.25, 0.3) is 0 Å². The molecule has 1 atom stereocenters. The van der Waals surface area contributed by atoms with E-state index in [1.165, 1.54) is 12.3 Å². The molecule has 0 aliphatic heterocycles. The lowest BCUT2D eigenvalue weighted by Crippen LogP contribution is -2.13. The first-order valence-corrected chi connectivity index (χ1v) is 6.27. The van der Waals surface area contributed by atoms with E-state index in [0.29, 0.717) is 0 Å². The van der Waals surface area contributed by atoms with Gasteiger partial charge in [0.25, 0.3) is 0 Å². The van der Waals surface area contributed by atoms with Crippen molar-refractivity contribution in [2.45, 2.75) is 13.0 Å². The van der Waals surface area contributed by atoms with Gasteiger partial charge in [-0.3, -0.25) is 10.1 Å². The lowest BCUT2D eigenvalue weighted by Gasteiger charge is -2.14. The highest BCUT2D eigenvalue weighted by Crippen LogP contribution is 2.33. The molecule has 0 saturated heterocycles. The number of nitrogens with zero attached hydrogens (tertiary/aromatic N) is 2. The largest absolute Gasteiger partial charge is 0.431 e. The fraction of sp³-hybridized carbons (Fsp3) is 0.214. The first-order valence-electron chi connectivity index (χ1n) is 6.27. The van der Waals surface area contributed by atoms with Gasteiger partial charge >= 0.3 is 5.69 Å². The van der Waals surface area contributed by atoms with Crippen molar-refractivity contribution in [3.63, 3.8) is 0 Å². The first kappa shape index (κ1) is 14.9. The smallest absolute Gasteiger partial charge is 0.314 e. The minimum atomic E-state index is -0.695. The molecule has 1 aromatic heterocycles. The van der Waals surface area contributed by atoms with Gasteiger partial charge < -0.3 is 10.1 Å². The van der Waals surface area contributed by atoms with Gasteiger partial charge in [-0.05, 0) is 32.2 Å². The molecule has 2 aromatic rings. The summed E-state index contributed by atoms with van der Waals surface area (Å²) in [5.41, 5.74) is 0.308. The predicted molar refractivity (Wildman–Crippen MR) is 74.8 cm³/mol. The minimum absolute atomic E-state index is 0.0480. The van der Waals surface area contributed by atoms with Crippen LogP contribution in [0.3, 0.4) is 0 Å². The summed E-state index contributed by atoms with van der Waals surface area (Å²) in [6.45, 7) is 1.91. The van der Waals surface area contributed by atoms with Crippen molar-refractivity contribution < 1.29 is 14.1 Å². The highest BCUT2D eigenvalue weighted by molar-refractivity contribution is 5.48. The highest BCUT2D eigenvalue weighted by Gasteiger charge is 2.19. The fourth-order valence-corrected chi connectivity index (χ4v) is 1.80. The van der Waals surface area contributed by atoms with Gasteiger partial charge in [0.05, 0.1) is 11.0 Å². The summed E-state index contributed by atoms with van der Waals surface area (Å²) < 4.78 is 18.6. The predicted octanol–water partition coefficient (Wildman–Crippen LogP) is 3.20. The van der Waals surface area contributed by atoms with Crippen LogP contribution in [0.1, 0.15) is 18.5 Å². The Labute approximate surface area is 120 Å². The number of hydrogen-bond donors (Lipinski definition) is 1. The maximum absolute atomic E-state index is 13.1. The molecular weight excluding hydrogens is 277 g/mol. The SMILES string of the molecule is CNC(C)c1cccnc1Oc1ccc(F)cc1[N+](=O)[O-]. The number of nitro groups is 1. The van der Waals surface area contributed by atoms with Gasteiger partial charge in [0.2, 0.25) is 11.6 Å². The van der Waals surface area contributed by atoms with Crippen molar-refractivity contribution in [2.75, 3.05) is 7.05 Å². The molecule has 1 N–H and O–H groups in total. The second-order valence-corrected chi connectivity index (χ2v) is 4.38. The topological polar surface area (TPSA) is 77.3 Å². The van der Waals surface area contributed by atoms with Crippen LogP contribution in [-0.4, -0.2) is 17.0 Å². The van der Waals surface area contributed by atoms with E-state index >= 15 is 0 Å². The number of pyridine rings is 1. The average Bonchev–Trinajstić information content (AvgIpc) is 2.48. The molecule has 0 aliphatic rings. The van der Waals surface area contributed by atoms with E-state index in [1.54, 1.807) is 19.2 Å². The Bertz CT molecular complexity index is 664. The Hall–Kier alpha value is -2.54. The molecule has 0 aliphatic carbocycles. The highest BCUT2D eigenvalue weighted by atomic mass is 19.1. The van der Waals surface area contributed by atoms with Gasteiger partial charge in [-0.25, -0.2) is 9.37 Å². The third kappa shape index (κ3) is 3.32. The summed E-state index contributed by atoms with van der Waals surface area (Å²) in [7, 11) is 1.78. The van der Waals surface area contributed by atoms with E-state index in [4.69, 9.17) is 4.74 Å². The number of aromatic nitrogens is 1. The lowest BCUT2D eigenvalue weighted by molar-refractivity contribution is -0.385. The van der Waals surface area contributed by atoms with Gasteiger partial charge in [0, 0.05) is 17.8 Å². The zero-order valence-electron chi connectivity index (χ0n) is 11.5. The summed E-state index contributed by atoms with van der Waals surface area (Å²) in [5.74, 6) is -0.502. The molecule has 7 heteroatoms. The number of rotatable bonds is 5. The second-order valence-electron chi connectivity index (χ2n) is 4.38. The third-order valence-electron chi connectivity index (χ3n) is 3.02. The molecule has 0 fully saturated rings. The second kappa shape index (κ2) is 6.27. The molecule has 1 aromatic carbocycles. The summed E-state index contributed by atoms with van der Waals surface area (Å²) in [6.07, 6.45) is 1.52. The van der Waals surface area contributed by atoms with Crippen molar-refractivity contribution in [3.8, 4) is 11.6 Å². The van der Waals surface area contributed by atoms with Gasteiger partial charge in [-0.2, -0.15) is 0 Å². The molecular formula is C14H14FN3O3. The Morgan fingerprint density at radius 1 is 1.43 bits per heavy atom. The van der Waals surface area contributed by atoms with Crippen LogP contribution in [-0.2, 0) is 0 Å². The van der Waals surface area contributed by atoms with E-state index in [9.17, 15) is 14.5 Å². The Balaban J connectivity index is 2.41. The van der Waals surface area contributed by atoms with E-state index < -0.39 is 16.4 Å². The van der Waals surface area contributed by atoms with Crippen molar-refractivity contribution in [2.24, 2.45) is 0 Å². The molecule has 0 radical (unpaired) electrons. The Kier molecular flexibility index (Phi) is 4.44. The molecule has 1 unspecified atom stereocenters. The first-order chi connectivity index (χ1) is 10.0. The van der Waals surface area contributed by atoms with Crippen molar-refractivity contribution in [3.05, 3.63) is 58.0 Å². The number of hydrogen-bond acceptors (Lipinski definition) is 5. The van der Waals surface area contributed by atoms with Crippen LogP contribution < -0.4 is 10.1 Å². The maximum Gasteiger partial charge on any atom is 0.314 e. The summed E-state index contributed by atoms with van der Waals surface area (Å²) in [5, 5.41) is 14.0. The average molecular weight is 291 g/mol. The van der Waals surface area contributed by atoms with Crippen LogP contribution in [0.4, 0.5) is 10.1 Å². The monoisotopic (exact) mass is 291 g/mol. The van der Waals surface area contributed by atoms with Gasteiger partial charge in [-0.1, -0.05) is 6.07 Å². The van der Waals surface area contributed by atoms with E-state index in [0.717, 1.165) is 17.7 Å². The van der Waals surface area contributed by atoms with Gasteiger partial charge in [0.1, 0.15) is 5.82 Å². The van der Waals surface area contributed by atoms with Crippen LogP contribution in [0.5, 0.6) is 11.6 Å². The third-order valence-corrected chi connectivity index (χ3v) is 3.02. The van der Waals surface area contributed by atoms with Crippen LogP contribution in [0.2, 0.25) is 0 Å². The molecule has 0 amide bonds. The molecule has 0 bridgehead atoms. The normalized spacial score (nSPS) is 12.0. The van der Waals surface area contributed by atoms with Crippen LogP contribution in [0, 0.1) is 15.9 Å². The lowest BCUT2D eigenvalue weighted by atomic mass is 10.1. The molecule has 110 valence electrons. The number of nitrogens with one attached hydrogen (secondary N) is 1. The zero-order valence-corrected chi connectivity index (χ0v) is 11.5. The number of ether oxygens (including phenoxy) is 1. The van der Waals surface area contributed by atoms with E-state index in [-0.39, 0.29) is 17.7 Å². The number of halogens is 1. The molecule has 6 nitrogen and oxygen atoms in total. The van der Waals surface area contributed by atoms with E-state index in [2.05, 4.69) is 10.3 Å². The van der Waals surface area contributed by atoms with Gasteiger partial charge in [-0.15, -0.1) is 0 Å². The standard InChI is InChI=1S/C14H14FN3O3/c1-9(16-2)11-4-3-7-17-14(11)21-13-6-5-10(15)8-12(13)18(19)20/h3-9,16H,1-2H3. The molecule has 1 heterocycles. The molecule has 0 spiro atoms. The van der Waals surface area contributed by atoms with Crippen molar-refractivity contribution >= 4 is 5.69 Å². The molecule has 2 rings (SSSR count). The van der Waals surface area contributed by atoms with Crippen LogP contribution in [0.15, 0.2) is 36.5 Å². The maximum atomic E-state index is 13.1. The van der Waals surface area contributed by atoms with Gasteiger partial charge in [0.15, 0.2) is 0 Å². The quantitative estimate of drug-likeness (QED) is 0.676. The Morgan fingerprint density at radius 3 is 2.86 bits per heavy atom. The molecule has 0 saturated carbocycles. The van der Waals surface area contributed by atoms with Crippen LogP contribution >= 0.6 is 0 Å². The minimum Gasteiger partial charge on any atom is -0.431 e. The van der Waals surface area contributed by atoms with E-state index in [1.807, 2.05) is 6.92 Å². The summed E-state index contributed by atoms with van der Waals surface area (Å²) in [6, 6.07) is 6.64. The summed E-state index contributed by atoms with van der Waals surface area (Å²) >= 11 is 0. The Morgan fingerprint density at radius 2 is 2.19 bits per heavy atom. The number of benzene rings is 1. The summed E-state index contributed by atoms with van der Waals surface area (Å²) in [4.78, 5) is 14.4. The van der Waals surface area contributed by atoms with Crippen molar-refractivity contribution in [1.82, 2.24) is 10.3 Å². The zero-order chi connectivity index (χ0) is 15.4. The fourth-order valence-electron chi connectivity index (χ4n) is 1.80. The van der Waals surface area contributed by atoms with Crippen molar-refractivity contribution in [1.29, 1.82) is 0 Å².